The molecule has 0 unspecified atom stereocenters. The first kappa shape index (κ1) is 13.2. The second-order valence-electron chi connectivity index (χ2n) is 4.77. The van der Waals surface area contributed by atoms with Crippen LogP contribution in [0.15, 0.2) is 18.2 Å². The van der Waals surface area contributed by atoms with Gasteiger partial charge in [0.2, 0.25) is 0 Å². The van der Waals surface area contributed by atoms with Crippen LogP contribution in [0.5, 0.6) is 11.5 Å². The number of hydrogen-bond donors (Lipinski definition) is 1. The van der Waals surface area contributed by atoms with Crippen molar-refractivity contribution < 1.29 is 14.2 Å². The maximum Gasteiger partial charge on any atom is 0.189 e. The first-order valence-corrected chi connectivity index (χ1v) is 6.34. The Morgan fingerprint density at radius 2 is 2.17 bits per heavy atom. The van der Waals surface area contributed by atoms with Crippen LogP contribution >= 0.6 is 0 Å². The fraction of sp³-hybridized carbons (Fsp3) is 0.571. The van der Waals surface area contributed by atoms with Crippen molar-refractivity contribution in [3.8, 4) is 11.5 Å². The van der Waals surface area contributed by atoms with E-state index in [-0.39, 0.29) is 12.8 Å². The molecule has 1 fully saturated rings. The zero-order chi connectivity index (χ0) is 13.0. The van der Waals surface area contributed by atoms with E-state index in [1.165, 1.54) is 12.8 Å². The summed E-state index contributed by atoms with van der Waals surface area (Å²) in [5, 5.41) is 0. The zero-order valence-electron chi connectivity index (χ0n) is 11.0. The minimum atomic E-state index is -0.0747. The minimum absolute atomic E-state index is 0.0747. The average molecular weight is 251 g/mol. The van der Waals surface area contributed by atoms with E-state index in [0.717, 1.165) is 29.6 Å². The monoisotopic (exact) mass is 251 g/mol. The predicted molar refractivity (Wildman–Crippen MR) is 69.8 cm³/mol. The Balaban J connectivity index is 1.93. The summed E-state index contributed by atoms with van der Waals surface area (Å²) in [6.45, 7) is 2.99. The van der Waals surface area contributed by atoms with E-state index in [4.69, 9.17) is 19.9 Å². The molecule has 1 aliphatic carbocycles. The fourth-order valence-electron chi connectivity index (χ4n) is 1.75. The highest BCUT2D eigenvalue weighted by Gasteiger charge is 2.21. The Bertz CT molecular complexity index is 389. The molecule has 2 rings (SSSR count). The number of ether oxygens (including phenoxy) is 3. The predicted octanol–water partition coefficient (Wildman–Crippen LogP) is 2.48. The number of benzene rings is 1. The Kier molecular flexibility index (Phi) is 4.44. The van der Waals surface area contributed by atoms with Gasteiger partial charge in [-0.1, -0.05) is 6.07 Å². The molecule has 100 valence electrons. The smallest absolute Gasteiger partial charge is 0.189 e. The van der Waals surface area contributed by atoms with Crippen molar-refractivity contribution in [1.82, 2.24) is 0 Å². The summed E-state index contributed by atoms with van der Waals surface area (Å²) in [6.07, 6.45) is 2.56. The number of methoxy groups -OCH3 is 1. The normalized spacial score (nSPS) is 16.4. The standard InChI is InChI=1S/C14H21NO3/c1-10(15)13-6-5-12(16-2)7-14(13)18-9-17-8-11-3-4-11/h5-7,10-11H,3-4,8-9,15H2,1-2H3/t10-/m0/s1. The summed E-state index contributed by atoms with van der Waals surface area (Å²) in [5.41, 5.74) is 6.87. The second kappa shape index (κ2) is 6.07. The first-order valence-electron chi connectivity index (χ1n) is 6.34. The van der Waals surface area contributed by atoms with Gasteiger partial charge in [0.25, 0.3) is 0 Å². The van der Waals surface area contributed by atoms with Gasteiger partial charge in [0.05, 0.1) is 13.7 Å². The fourth-order valence-corrected chi connectivity index (χ4v) is 1.75. The molecule has 0 aromatic heterocycles. The van der Waals surface area contributed by atoms with Crippen LogP contribution in [-0.2, 0) is 4.74 Å². The van der Waals surface area contributed by atoms with Gasteiger partial charge < -0.3 is 19.9 Å². The maximum absolute atomic E-state index is 5.91. The van der Waals surface area contributed by atoms with Crippen molar-refractivity contribution in [2.24, 2.45) is 11.7 Å². The Morgan fingerprint density at radius 3 is 2.78 bits per heavy atom. The summed E-state index contributed by atoms with van der Waals surface area (Å²) >= 11 is 0. The summed E-state index contributed by atoms with van der Waals surface area (Å²) in [6, 6.07) is 5.59. The van der Waals surface area contributed by atoms with E-state index < -0.39 is 0 Å². The van der Waals surface area contributed by atoms with Crippen LogP contribution in [0.3, 0.4) is 0 Å². The largest absolute Gasteiger partial charge is 0.497 e. The van der Waals surface area contributed by atoms with E-state index >= 15 is 0 Å². The third-order valence-corrected chi connectivity index (χ3v) is 3.06. The first-order chi connectivity index (χ1) is 8.70. The SMILES string of the molecule is COc1ccc([C@H](C)N)c(OCOCC2CC2)c1. The van der Waals surface area contributed by atoms with Crippen LogP contribution in [-0.4, -0.2) is 20.5 Å². The van der Waals surface area contributed by atoms with Crippen LogP contribution in [0.2, 0.25) is 0 Å². The molecule has 0 radical (unpaired) electrons. The molecule has 1 aromatic rings. The third kappa shape index (κ3) is 3.62. The van der Waals surface area contributed by atoms with E-state index in [1.807, 2.05) is 25.1 Å². The summed E-state index contributed by atoms with van der Waals surface area (Å²) in [7, 11) is 1.63. The molecule has 1 atom stereocenters. The molecule has 4 heteroatoms. The van der Waals surface area contributed by atoms with Crippen molar-refractivity contribution in [1.29, 1.82) is 0 Å². The van der Waals surface area contributed by atoms with Gasteiger partial charge in [-0.15, -0.1) is 0 Å². The summed E-state index contributed by atoms with van der Waals surface area (Å²) in [4.78, 5) is 0. The van der Waals surface area contributed by atoms with E-state index in [0.29, 0.717) is 0 Å². The maximum atomic E-state index is 5.91. The van der Waals surface area contributed by atoms with Gasteiger partial charge in [-0.05, 0) is 31.7 Å². The number of nitrogens with two attached hydrogens (primary N) is 1. The van der Waals surface area contributed by atoms with Crippen molar-refractivity contribution in [3.05, 3.63) is 23.8 Å². The van der Waals surface area contributed by atoms with Crippen LogP contribution in [0, 0.1) is 5.92 Å². The van der Waals surface area contributed by atoms with Crippen LogP contribution < -0.4 is 15.2 Å². The van der Waals surface area contributed by atoms with Crippen molar-refractivity contribution >= 4 is 0 Å². The molecule has 0 spiro atoms. The Hall–Kier alpha value is -1.26. The highest BCUT2D eigenvalue weighted by Crippen LogP contribution is 2.30. The summed E-state index contributed by atoms with van der Waals surface area (Å²) in [5.74, 6) is 2.24. The molecule has 0 amide bonds. The molecule has 4 nitrogen and oxygen atoms in total. The van der Waals surface area contributed by atoms with E-state index in [2.05, 4.69) is 0 Å². The van der Waals surface area contributed by atoms with Gasteiger partial charge in [-0.3, -0.25) is 0 Å². The molecule has 1 aliphatic rings. The second-order valence-corrected chi connectivity index (χ2v) is 4.77. The number of rotatable bonds is 7. The molecule has 0 saturated heterocycles. The lowest BCUT2D eigenvalue weighted by Crippen LogP contribution is -2.11. The minimum Gasteiger partial charge on any atom is -0.497 e. The number of hydrogen-bond acceptors (Lipinski definition) is 4. The lowest BCUT2D eigenvalue weighted by Gasteiger charge is -2.15. The van der Waals surface area contributed by atoms with Crippen molar-refractivity contribution in [2.45, 2.75) is 25.8 Å². The van der Waals surface area contributed by atoms with Crippen LogP contribution in [0.1, 0.15) is 31.4 Å². The Morgan fingerprint density at radius 1 is 1.39 bits per heavy atom. The van der Waals surface area contributed by atoms with Crippen molar-refractivity contribution in [2.75, 3.05) is 20.5 Å². The highest BCUT2D eigenvalue weighted by molar-refractivity contribution is 5.42. The summed E-state index contributed by atoms with van der Waals surface area (Å²) < 4.78 is 16.3. The zero-order valence-corrected chi connectivity index (χ0v) is 11.0. The molecule has 18 heavy (non-hydrogen) atoms. The third-order valence-electron chi connectivity index (χ3n) is 3.06. The Labute approximate surface area is 108 Å². The average Bonchev–Trinajstić information content (AvgIpc) is 3.18. The van der Waals surface area contributed by atoms with Gasteiger partial charge >= 0.3 is 0 Å². The van der Waals surface area contributed by atoms with Gasteiger partial charge in [0.15, 0.2) is 6.79 Å². The molecule has 0 bridgehead atoms. The molecule has 1 saturated carbocycles. The molecular formula is C14H21NO3. The quantitative estimate of drug-likeness (QED) is 0.597. The van der Waals surface area contributed by atoms with Crippen LogP contribution in [0.4, 0.5) is 0 Å². The molecule has 2 N–H and O–H groups in total. The molecule has 0 aliphatic heterocycles. The van der Waals surface area contributed by atoms with Gasteiger partial charge in [0, 0.05) is 17.7 Å². The lowest BCUT2D eigenvalue weighted by atomic mass is 10.1. The highest BCUT2D eigenvalue weighted by atomic mass is 16.7. The van der Waals surface area contributed by atoms with Gasteiger partial charge in [0.1, 0.15) is 11.5 Å². The van der Waals surface area contributed by atoms with Gasteiger partial charge in [-0.25, -0.2) is 0 Å². The van der Waals surface area contributed by atoms with E-state index in [1.54, 1.807) is 7.11 Å². The topological polar surface area (TPSA) is 53.7 Å². The molecule has 0 heterocycles. The van der Waals surface area contributed by atoms with Crippen molar-refractivity contribution in [3.63, 3.8) is 0 Å². The molecular weight excluding hydrogens is 230 g/mol. The molecule has 1 aromatic carbocycles. The van der Waals surface area contributed by atoms with Gasteiger partial charge in [-0.2, -0.15) is 0 Å². The lowest BCUT2D eigenvalue weighted by molar-refractivity contribution is 0.00924. The van der Waals surface area contributed by atoms with E-state index in [9.17, 15) is 0 Å². The van der Waals surface area contributed by atoms with Crippen LogP contribution in [0.25, 0.3) is 0 Å².